The van der Waals surface area contributed by atoms with Crippen molar-refractivity contribution >= 4 is 72.0 Å². The zero-order valence-corrected chi connectivity index (χ0v) is 21.6. The maximum atomic E-state index is 12.4. The molecule has 1 unspecified atom stereocenters. The molecule has 0 spiro atoms. The molecule has 3 aromatic rings. The summed E-state index contributed by atoms with van der Waals surface area (Å²) in [6.45, 7) is 3.06. The van der Waals surface area contributed by atoms with Crippen LogP contribution >= 0.6 is 45.2 Å². The molecular weight excluding hydrogens is 626 g/mol. The molecule has 0 aliphatic carbocycles. The minimum Gasteiger partial charge on any atom is -0.491 e. The van der Waals surface area contributed by atoms with Gasteiger partial charge in [-0.25, -0.2) is 8.42 Å². The number of rotatable bonds is 7. The molecule has 0 bridgehead atoms. The van der Waals surface area contributed by atoms with Crippen molar-refractivity contribution in [3.63, 3.8) is 0 Å². The average molecular weight is 648 g/mol. The Bertz CT molecular complexity index is 1320. The molecule has 0 fully saturated rings. The van der Waals surface area contributed by atoms with E-state index < -0.39 is 9.84 Å². The number of benzene rings is 2. The summed E-state index contributed by atoms with van der Waals surface area (Å²) in [5.74, 6) is 0.886. The van der Waals surface area contributed by atoms with Gasteiger partial charge in [-0.1, -0.05) is 70.3 Å². The number of aromatic amines is 1. The van der Waals surface area contributed by atoms with Crippen LogP contribution in [0.3, 0.4) is 0 Å². The first kappa shape index (κ1) is 22.1. The van der Waals surface area contributed by atoms with Crippen LogP contribution in [0.2, 0.25) is 0 Å². The number of hydrogen-bond acceptors (Lipinski definition) is 4. The first-order chi connectivity index (χ1) is 14.4. The van der Waals surface area contributed by atoms with Crippen LogP contribution in [0.25, 0.3) is 28.1 Å². The molecule has 4 rings (SSSR count). The molecule has 2 aromatic carbocycles. The Morgan fingerprint density at radius 1 is 1.27 bits per heavy atom. The van der Waals surface area contributed by atoms with Gasteiger partial charge in [0.15, 0.2) is 9.84 Å². The Kier molecular flexibility index (Phi) is 6.73. The highest BCUT2D eigenvalue weighted by atomic mass is 127. The maximum absolute atomic E-state index is 12.4. The molecule has 1 N–H and O–H groups in total. The molecule has 0 radical (unpaired) electrons. The van der Waals surface area contributed by atoms with Crippen molar-refractivity contribution in [2.24, 2.45) is 4.99 Å². The third-order valence-electron chi connectivity index (χ3n) is 5.13. The Morgan fingerprint density at radius 2 is 2.10 bits per heavy atom. The Hall–Kier alpha value is -1.14. The number of nitrogens with zero attached hydrogens (tertiary/aromatic N) is 1. The molecule has 0 saturated heterocycles. The molecular formula is C22H22I2N2O3S. The summed E-state index contributed by atoms with van der Waals surface area (Å²) in [5, 5.41) is 2.10. The molecule has 8 heteroatoms. The number of alkyl halides is 2. The van der Waals surface area contributed by atoms with Gasteiger partial charge in [-0.15, -0.1) is 0 Å². The van der Waals surface area contributed by atoms with Crippen molar-refractivity contribution in [3.05, 3.63) is 47.1 Å². The smallest absolute Gasteiger partial charge is 0.178 e. The van der Waals surface area contributed by atoms with E-state index in [0.29, 0.717) is 15.4 Å². The second-order valence-electron chi connectivity index (χ2n) is 7.09. The fourth-order valence-electron chi connectivity index (χ4n) is 3.61. The Balaban J connectivity index is 1.96. The fourth-order valence-corrected chi connectivity index (χ4v) is 5.41. The van der Waals surface area contributed by atoms with Crippen LogP contribution in [0.15, 0.2) is 46.3 Å². The van der Waals surface area contributed by atoms with E-state index in [1.165, 1.54) is 0 Å². The van der Waals surface area contributed by atoms with Crippen LogP contribution in [0.5, 0.6) is 5.75 Å². The van der Waals surface area contributed by atoms with E-state index in [1.807, 2.05) is 24.3 Å². The van der Waals surface area contributed by atoms with Gasteiger partial charge in [0.05, 0.1) is 29.3 Å². The summed E-state index contributed by atoms with van der Waals surface area (Å²) < 4.78 is 32.3. The molecule has 1 aromatic heterocycles. The Labute approximate surface area is 203 Å². The second-order valence-corrected chi connectivity index (χ2v) is 12.1. The van der Waals surface area contributed by atoms with Crippen LogP contribution in [-0.4, -0.2) is 40.7 Å². The lowest BCUT2D eigenvalue weighted by molar-refractivity contribution is 0.323. The lowest BCUT2D eigenvalue weighted by atomic mass is 9.99. The molecule has 2 heterocycles. The number of fused-ring (bicyclic) bond motifs is 3. The van der Waals surface area contributed by atoms with Gasteiger partial charge in [0.25, 0.3) is 0 Å². The summed E-state index contributed by atoms with van der Waals surface area (Å²) in [7, 11) is -3.28. The molecule has 1 aliphatic heterocycles. The summed E-state index contributed by atoms with van der Waals surface area (Å²) in [5.41, 5.74) is 3.63. The largest absolute Gasteiger partial charge is 0.491 e. The second kappa shape index (κ2) is 9.15. The standard InChI is InChI=1S/C22H22I2N2O3S/c1-2-30(27,28)16-6-3-5-14(11-16)17-7-8-19(29-10-4-9-23)21-20(17)18-12-15(24)13-25-22(18)26-21/h3,5-8,11-12,15H,2,4,9-10,13H2,1H3,(H,25,26). The van der Waals surface area contributed by atoms with Gasteiger partial charge >= 0.3 is 0 Å². The predicted octanol–water partition coefficient (Wildman–Crippen LogP) is 4.05. The summed E-state index contributed by atoms with van der Waals surface area (Å²) in [6, 6.07) is 11.2. The minimum absolute atomic E-state index is 0.0815. The van der Waals surface area contributed by atoms with Gasteiger partial charge in [-0.3, -0.25) is 4.99 Å². The van der Waals surface area contributed by atoms with E-state index in [-0.39, 0.29) is 5.75 Å². The number of nitrogens with one attached hydrogen (secondary N) is 1. The summed E-state index contributed by atoms with van der Waals surface area (Å²) in [4.78, 5) is 8.51. The van der Waals surface area contributed by atoms with Gasteiger partial charge in [0.1, 0.15) is 11.2 Å². The lowest BCUT2D eigenvalue weighted by Crippen LogP contribution is -2.30. The normalized spacial score (nSPS) is 16.0. The first-order valence-electron chi connectivity index (χ1n) is 9.81. The van der Waals surface area contributed by atoms with Crippen LogP contribution in [0, 0.1) is 0 Å². The molecule has 1 aliphatic rings. The number of sulfone groups is 1. The van der Waals surface area contributed by atoms with E-state index in [1.54, 1.807) is 19.1 Å². The van der Waals surface area contributed by atoms with Gasteiger partial charge in [-0.05, 0) is 41.8 Å². The van der Waals surface area contributed by atoms with E-state index in [0.717, 1.165) is 55.9 Å². The highest BCUT2D eigenvalue weighted by Crippen LogP contribution is 2.33. The first-order valence-corrected chi connectivity index (χ1v) is 14.2. The summed E-state index contributed by atoms with van der Waals surface area (Å²) >= 11 is 4.74. The number of H-pyrrole nitrogens is 1. The highest BCUT2D eigenvalue weighted by molar-refractivity contribution is 14.1. The monoisotopic (exact) mass is 648 g/mol. The van der Waals surface area contributed by atoms with E-state index in [4.69, 9.17) is 9.73 Å². The molecule has 0 amide bonds. The molecule has 1 atom stereocenters. The Morgan fingerprint density at radius 3 is 2.87 bits per heavy atom. The van der Waals surface area contributed by atoms with Gasteiger partial charge in [0, 0.05) is 19.0 Å². The van der Waals surface area contributed by atoms with Crippen LogP contribution < -0.4 is 15.4 Å². The number of ether oxygens (including phenoxy) is 1. The predicted molar refractivity (Wildman–Crippen MR) is 138 cm³/mol. The van der Waals surface area contributed by atoms with Crippen molar-refractivity contribution in [2.75, 3.05) is 23.3 Å². The maximum Gasteiger partial charge on any atom is 0.178 e. The third-order valence-corrected chi connectivity index (χ3v) is 8.37. The summed E-state index contributed by atoms with van der Waals surface area (Å²) in [6.07, 6.45) is 3.21. The zero-order valence-electron chi connectivity index (χ0n) is 16.5. The van der Waals surface area contributed by atoms with Crippen molar-refractivity contribution < 1.29 is 13.2 Å². The SMILES string of the molecule is CCS(=O)(=O)c1cccc(-c2ccc(OCCCI)c3[nH]c4c(c23)=CC(I)CN=4)c1. The van der Waals surface area contributed by atoms with Crippen LogP contribution in [0.4, 0.5) is 0 Å². The fraction of sp³-hybridized carbons (Fsp3) is 0.318. The van der Waals surface area contributed by atoms with Crippen molar-refractivity contribution in [3.8, 4) is 16.9 Å². The minimum atomic E-state index is -3.28. The molecule has 0 saturated carbocycles. The average Bonchev–Trinajstić information content (AvgIpc) is 3.13. The number of halogens is 2. The van der Waals surface area contributed by atoms with E-state index in [2.05, 4.69) is 56.2 Å². The molecule has 30 heavy (non-hydrogen) atoms. The highest BCUT2D eigenvalue weighted by Gasteiger charge is 2.18. The van der Waals surface area contributed by atoms with E-state index >= 15 is 0 Å². The van der Waals surface area contributed by atoms with Crippen molar-refractivity contribution in [1.29, 1.82) is 0 Å². The quantitative estimate of drug-likeness (QED) is 0.239. The van der Waals surface area contributed by atoms with Crippen LogP contribution in [-0.2, 0) is 9.84 Å². The van der Waals surface area contributed by atoms with Gasteiger partial charge in [0.2, 0.25) is 0 Å². The lowest BCUT2D eigenvalue weighted by Gasteiger charge is -2.11. The van der Waals surface area contributed by atoms with Gasteiger partial charge < -0.3 is 9.72 Å². The third kappa shape index (κ3) is 4.27. The number of aromatic nitrogens is 1. The van der Waals surface area contributed by atoms with E-state index in [9.17, 15) is 8.42 Å². The van der Waals surface area contributed by atoms with Crippen molar-refractivity contribution in [1.82, 2.24) is 4.98 Å². The molecule has 5 nitrogen and oxygen atoms in total. The zero-order chi connectivity index (χ0) is 21.3. The van der Waals surface area contributed by atoms with Crippen LogP contribution in [0.1, 0.15) is 13.3 Å². The number of hydrogen-bond donors (Lipinski definition) is 1. The molecule has 158 valence electrons. The topological polar surface area (TPSA) is 71.5 Å². The van der Waals surface area contributed by atoms with Gasteiger partial charge in [-0.2, -0.15) is 0 Å². The van der Waals surface area contributed by atoms with Crippen molar-refractivity contribution in [2.45, 2.75) is 22.2 Å².